The zero-order valence-electron chi connectivity index (χ0n) is 12.0. The second-order valence-corrected chi connectivity index (χ2v) is 7.56. The Bertz CT molecular complexity index is 712. The van der Waals surface area contributed by atoms with Gasteiger partial charge in [0.1, 0.15) is 11.5 Å². The van der Waals surface area contributed by atoms with E-state index in [-0.39, 0.29) is 0 Å². The molecule has 0 saturated heterocycles. The molecule has 0 unspecified atom stereocenters. The Morgan fingerprint density at radius 2 is 1.43 bits per heavy atom. The Kier molecular flexibility index (Phi) is 3.72. The van der Waals surface area contributed by atoms with E-state index in [1.165, 1.54) is 31.1 Å². The smallest absolute Gasteiger partial charge is 0.175 e. The highest BCUT2D eigenvalue weighted by Crippen LogP contribution is 2.37. The van der Waals surface area contributed by atoms with E-state index < -0.39 is 9.84 Å². The third-order valence-corrected chi connectivity index (χ3v) is 5.07. The second kappa shape index (κ2) is 5.53. The monoisotopic (exact) mass is 302 g/mol. The number of rotatable bonds is 4. The van der Waals surface area contributed by atoms with Crippen molar-refractivity contribution < 1.29 is 13.2 Å². The first kappa shape index (κ1) is 14.1. The molecule has 0 bridgehead atoms. The summed E-state index contributed by atoms with van der Waals surface area (Å²) >= 11 is 0. The Hall–Kier alpha value is -1.81. The molecule has 2 aromatic rings. The van der Waals surface area contributed by atoms with Crippen molar-refractivity contribution in [3.63, 3.8) is 0 Å². The van der Waals surface area contributed by atoms with Gasteiger partial charge in [-0.25, -0.2) is 8.42 Å². The Morgan fingerprint density at radius 3 is 1.86 bits per heavy atom. The minimum absolute atomic E-state index is 0.301. The maximum atomic E-state index is 11.4. The molecule has 2 aromatic carbocycles. The third kappa shape index (κ3) is 3.27. The van der Waals surface area contributed by atoms with E-state index in [4.69, 9.17) is 4.74 Å². The van der Waals surface area contributed by atoms with Crippen molar-refractivity contribution in [3.8, 4) is 11.5 Å². The summed E-state index contributed by atoms with van der Waals surface area (Å²) in [6, 6.07) is 14.7. The fourth-order valence-corrected chi connectivity index (χ4v) is 3.07. The van der Waals surface area contributed by atoms with Crippen molar-refractivity contribution in [3.05, 3.63) is 54.1 Å². The summed E-state index contributed by atoms with van der Waals surface area (Å²) in [5.74, 6) is 2.12. The van der Waals surface area contributed by atoms with Crippen LogP contribution in [0.4, 0.5) is 0 Å². The molecule has 3 rings (SSSR count). The van der Waals surface area contributed by atoms with Gasteiger partial charge in [-0.2, -0.15) is 0 Å². The molecule has 0 amide bonds. The number of ether oxygens (including phenoxy) is 1. The van der Waals surface area contributed by atoms with Gasteiger partial charge in [-0.05, 0) is 60.7 Å². The van der Waals surface area contributed by atoms with Crippen LogP contribution in [0.5, 0.6) is 11.5 Å². The summed E-state index contributed by atoms with van der Waals surface area (Å²) in [6.07, 6.45) is 5.10. The van der Waals surface area contributed by atoms with Crippen LogP contribution < -0.4 is 4.74 Å². The van der Waals surface area contributed by atoms with Gasteiger partial charge in [0.05, 0.1) is 4.90 Å². The van der Waals surface area contributed by atoms with Crippen LogP contribution in [0.1, 0.15) is 30.7 Å². The summed E-state index contributed by atoms with van der Waals surface area (Å²) in [4.78, 5) is 0.301. The predicted octanol–water partition coefficient (Wildman–Crippen LogP) is 4.15. The molecular formula is C17H18O3S. The Balaban J connectivity index is 1.71. The van der Waals surface area contributed by atoms with Gasteiger partial charge in [0.25, 0.3) is 0 Å². The van der Waals surface area contributed by atoms with Crippen LogP contribution in [0.15, 0.2) is 53.4 Å². The maximum absolute atomic E-state index is 11.4. The Morgan fingerprint density at radius 1 is 0.905 bits per heavy atom. The van der Waals surface area contributed by atoms with Crippen molar-refractivity contribution in [2.75, 3.05) is 6.26 Å². The molecule has 0 heterocycles. The van der Waals surface area contributed by atoms with E-state index >= 15 is 0 Å². The predicted molar refractivity (Wildman–Crippen MR) is 82.7 cm³/mol. The number of hydrogen-bond donors (Lipinski definition) is 0. The molecule has 0 spiro atoms. The van der Waals surface area contributed by atoms with E-state index in [2.05, 4.69) is 12.1 Å². The van der Waals surface area contributed by atoms with E-state index in [0.29, 0.717) is 16.6 Å². The summed E-state index contributed by atoms with van der Waals surface area (Å²) in [5.41, 5.74) is 1.38. The van der Waals surface area contributed by atoms with Crippen LogP contribution in [0.3, 0.4) is 0 Å². The average molecular weight is 302 g/mol. The average Bonchev–Trinajstić information content (AvgIpc) is 2.39. The van der Waals surface area contributed by atoms with Gasteiger partial charge >= 0.3 is 0 Å². The molecule has 0 aliphatic heterocycles. The number of benzene rings is 2. The van der Waals surface area contributed by atoms with E-state index in [9.17, 15) is 8.42 Å². The van der Waals surface area contributed by atoms with E-state index in [1.807, 2.05) is 12.1 Å². The number of hydrogen-bond acceptors (Lipinski definition) is 3. The van der Waals surface area contributed by atoms with Crippen molar-refractivity contribution in [1.29, 1.82) is 0 Å². The zero-order chi connectivity index (χ0) is 14.9. The van der Waals surface area contributed by atoms with E-state index in [0.717, 1.165) is 5.75 Å². The second-order valence-electron chi connectivity index (χ2n) is 5.54. The SMILES string of the molecule is CS(=O)(=O)c1ccc(Oc2ccc(C3CCC3)cc2)cc1. The molecule has 0 atom stereocenters. The van der Waals surface area contributed by atoms with Crippen LogP contribution in [0.2, 0.25) is 0 Å². The van der Waals surface area contributed by atoms with Crippen molar-refractivity contribution in [2.24, 2.45) is 0 Å². The van der Waals surface area contributed by atoms with Crippen LogP contribution in [0, 0.1) is 0 Å². The largest absolute Gasteiger partial charge is 0.457 e. The molecule has 0 radical (unpaired) electrons. The van der Waals surface area contributed by atoms with Crippen molar-refractivity contribution in [2.45, 2.75) is 30.1 Å². The highest BCUT2D eigenvalue weighted by Gasteiger charge is 2.19. The molecule has 21 heavy (non-hydrogen) atoms. The van der Waals surface area contributed by atoms with Crippen LogP contribution in [-0.4, -0.2) is 14.7 Å². The first-order valence-corrected chi connectivity index (χ1v) is 8.99. The minimum atomic E-state index is -3.16. The third-order valence-electron chi connectivity index (χ3n) is 3.94. The molecule has 1 fully saturated rings. The van der Waals surface area contributed by atoms with Gasteiger partial charge in [0, 0.05) is 6.26 Å². The molecule has 1 aliphatic carbocycles. The lowest BCUT2D eigenvalue weighted by atomic mass is 9.80. The van der Waals surface area contributed by atoms with Gasteiger partial charge in [-0.15, -0.1) is 0 Å². The molecule has 4 heteroatoms. The molecule has 0 N–H and O–H groups in total. The van der Waals surface area contributed by atoms with Crippen molar-refractivity contribution in [1.82, 2.24) is 0 Å². The quantitative estimate of drug-likeness (QED) is 0.852. The molecule has 1 saturated carbocycles. The van der Waals surface area contributed by atoms with Gasteiger partial charge in [0.2, 0.25) is 0 Å². The van der Waals surface area contributed by atoms with Gasteiger partial charge in [-0.1, -0.05) is 18.6 Å². The highest BCUT2D eigenvalue weighted by atomic mass is 32.2. The van der Waals surface area contributed by atoms with Gasteiger partial charge < -0.3 is 4.74 Å². The molecule has 0 aromatic heterocycles. The van der Waals surface area contributed by atoms with Crippen LogP contribution in [-0.2, 0) is 9.84 Å². The normalized spacial score (nSPS) is 15.5. The lowest BCUT2D eigenvalue weighted by molar-refractivity contribution is 0.419. The fraction of sp³-hybridized carbons (Fsp3) is 0.294. The molecule has 110 valence electrons. The lowest BCUT2D eigenvalue weighted by Crippen LogP contribution is -2.08. The molecular weight excluding hydrogens is 284 g/mol. The topological polar surface area (TPSA) is 43.4 Å². The molecule has 1 aliphatic rings. The highest BCUT2D eigenvalue weighted by molar-refractivity contribution is 7.90. The maximum Gasteiger partial charge on any atom is 0.175 e. The Labute approximate surface area is 125 Å². The first-order chi connectivity index (χ1) is 10.0. The molecule has 3 nitrogen and oxygen atoms in total. The lowest BCUT2D eigenvalue weighted by Gasteiger charge is -2.25. The number of sulfone groups is 1. The minimum Gasteiger partial charge on any atom is -0.457 e. The fourth-order valence-electron chi connectivity index (χ4n) is 2.44. The van der Waals surface area contributed by atoms with Gasteiger partial charge in [0.15, 0.2) is 9.84 Å². The van der Waals surface area contributed by atoms with Crippen LogP contribution >= 0.6 is 0 Å². The van der Waals surface area contributed by atoms with Gasteiger partial charge in [-0.3, -0.25) is 0 Å². The first-order valence-electron chi connectivity index (χ1n) is 7.10. The van der Waals surface area contributed by atoms with E-state index in [1.54, 1.807) is 24.3 Å². The van der Waals surface area contributed by atoms with Crippen molar-refractivity contribution >= 4 is 9.84 Å². The zero-order valence-corrected chi connectivity index (χ0v) is 12.8. The standard InChI is InChI=1S/C17H18O3S/c1-21(18,19)17-11-9-16(10-12-17)20-15-7-5-14(6-8-15)13-3-2-4-13/h5-13H,2-4H2,1H3. The summed E-state index contributed by atoms with van der Waals surface area (Å²) in [7, 11) is -3.16. The summed E-state index contributed by atoms with van der Waals surface area (Å²) < 4.78 is 28.5. The summed E-state index contributed by atoms with van der Waals surface area (Å²) in [6.45, 7) is 0. The summed E-state index contributed by atoms with van der Waals surface area (Å²) in [5, 5.41) is 0. The van der Waals surface area contributed by atoms with Crippen LogP contribution in [0.25, 0.3) is 0 Å².